The maximum Gasteiger partial charge on any atom is 0.226 e. The monoisotopic (exact) mass is 348 g/mol. The topological polar surface area (TPSA) is 59.6 Å². The van der Waals surface area contributed by atoms with Crippen LogP contribution in [0.3, 0.4) is 0 Å². The summed E-state index contributed by atoms with van der Waals surface area (Å²) in [5, 5.41) is 6.38. The highest BCUT2D eigenvalue weighted by atomic mass is 16.5. The Morgan fingerprint density at radius 3 is 2.68 bits per heavy atom. The molecule has 1 aromatic carbocycles. The Morgan fingerprint density at radius 2 is 2.00 bits per heavy atom. The van der Waals surface area contributed by atoms with Gasteiger partial charge in [0.25, 0.3) is 0 Å². The fourth-order valence-corrected chi connectivity index (χ4v) is 3.49. The van der Waals surface area contributed by atoms with Gasteiger partial charge in [-0.15, -0.1) is 0 Å². The first-order valence-electron chi connectivity index (χ1n) is 9.37. The molecule has 5 heteroatoms. The predicted molar refractivity (Wildman–Crippen MR) is 101 cm³/mol. The van der Waals surface area contributed by atoms with E-state index in [0.29, 0.717) is 23.6 Å². The average molecular weight is 348 g/mol. The zero-order valence-electron chi connectivity index (χ0n) is 15.8. The van der Waals surface area contributed by atoms with E-state index in [1.54, 1.807) is 26.4 Å². The third-order valence-electron chi connectivity index (χ3n) is 4.93. The second-order valence-electron chi connectivity index (χ2n) is 6.97. The molecule has 1 fully saturated rings. The highest BCUT2D eigenvalue weighted by molar-refractivity contribution is 5.92. The number of ether oxygens (including phenoxy) is 2. The van der Waals surface area contributed by atoms with Crippen molar-refractivity contribution in [2.45, 2.75) is 57.9 Å². The number of methoxy groups -OCH3 is 2. The highest BCUT2D eigenvalue weighted by Crippen LogP contribution is 2.29. The molecule has 0 aromatic heterocycles. The third kappa shape index (κ3) is 6.58. The predicted octanol–water partition coefficient (Wildman–Crippen LogP) is 3.98. The molecule has 0 saturated heterocycles. The molecule has 1 unspecified atom stereocenters. The van der Waals surface area contributed by atoms with E-state index < -0.39 is 0 Å². The number of anilines is 1. The van der Waals surface area contributed by atoms with Gasteiger partial charge in [0.1, 0.15) is 11.5 Å². The largest absolute Gasteiger partial charge is 0.497 e. The maximum absolute atomic E-state index is 12.2. The zero-order chi connectivity index (χ0) is 18.1. The fourth-order valence-electron chi connectivity index (χ4n) is 3.49. The van der Waals surface area contributed by atoms with Gasteiger partial charge in [0.2, 0.25) is 5.91 Å². The van der Waals surface area contributed by atoms with Gasteiger partial charge in [0.05, 0.1) is 19.9 Å². The lowest BCUT2D eigenvalue weighted by Gasteiger charge is -2.16. The Labute approximate surface area is 151 Å². The molecule has 140 valence electrons. The fraction of sp³-hybridized carbons (Fsp3) is 0.650. The van der Waals surface area contributed by atoms with Crippen LogP contribution in [-0.2, 0) is 4.79 Å². The van der Waals surface area contributed by atoms with Crippen LogP contribution in [0.15, 0.2) is 18.2 Å². The summed E-state index contributed by atoms with van der Waals surface area (Å²) in [6, 6.07) is 5.53. The van der Waals surface area contributed by atoms with E-state index >= 15 is 0 Å². The molecule has 25 heavy (non-hydrogen) atoms. The van der Waals surface area contributed by atoms with E-state index in [0.717, 1.165) is 12.5 Å². The lowest BCUT2D eigenvalue weighted by molar-refractivity contribution is -0.116. The second-order valence-corrected chi connectivity index (χ2v) is 6.97. The molecule has 1 aliphatic rings. The molecule has 5 nitrogen and oxygen atoms in total. The lowest BCUT2D eigenvalue weighted by Crippen LogP contribution is -2.31. The summed E-state index contributed by atoms with van der Waals surface area (Å²) in [6.07, 6.45) is 8.58. The van der Waals surface area contributed by atoms with E-state index in [-0.39, 0.29) is 11.9 Å². The second kappa shape index (κ2) is 10.3. The summed E-state index contributed by atoms with van der Waals surface area (Å²) in [7, 11) is 3.19. The SMILES string of the molecule is COc1ccc(NC(=O)CC(C)NCCCC2CCCC2)c(OC)c1. The molecule has 1 amide bonds. The molecule has 0 spiro atoms. The molecular formula is C20H32N2O3. The van der Waals surface area contributed by atoms with Crippen LogP contribution in [0.4, 0.5) is 5.69 Å². The molecule has 0 bridgehead atoms. The van der Waals surface area contributed by atoms with Crippen molar-refractivity contribution in [2.24, 2.45) is 5.92 Å². The molecular weight excluding hydrogens is 316 g/mol. The van der Waals surface area contributed by atoms with Crippen LogP contribution in [0, 0.1) is 5.92 Å². The Kier molecular flexibility index (Phi) is 8.06. The van der Waals surface area contributed by atoms with Gasteiger partial charge in [-0.05, 0) is 44.4 Å². The summed E-state index contributed by atoms with van der Waals surface area (Å²) < 4.78 is 10.5. The summed E-state index contributed by atoms with van der Waals surface area (Å²) in [5.41, 5.74) is 0.668. The number of nitrogens with one attached hydrogen (secondary N) is 2. The molecule has 1 aliphatic carbocycles. The summed E-state index contributed by atoms with van der Waals surface area (Å²) >= 11 is 0. The van der Waals surface area contributed by atoms with Gasteiger partial charge in [0, 0.05) is 18.5 Å². The van der Waals surface area contributed by atoms with Crippen molar-refractivity contribution in [1.29, 1.82) is 0 Å². The number of carbonyl (C=O) groups excluding carboxylic acids is 1. The number of hydrogen-bond donors (Lipinski definition) is 2. The smallest absolute Gasteiger partial charge is 0.226 e. The molecule has 1 saturated carbocycles. The zero-order valence-corrected chi connectivity index (χ0v) is 15.8. The minimum Gasteiger partial charge on any atom is -0.497 e. The Morgan fingerprint density at radius 1 is 1.24 bits per heavy atom. The van der Waals surface area contributed by atoms with Crippen LogP contribution in [-0.4, -0.2) is 32.7 Å². The number of hydrogen-bond acceptors (Lipinski definition) is 4. The first-order valence-corrected chi connectivity index (χ1v) is 9.37. The van der Waals surface area contributed by atoms with Gasteiger partial charge >= 0.3 is 0 Å². The Hall–Kier alpha value is -1.75. The first-order chi connectivity index (χ1) is 12.1. The van der Waals surface area contributed by atoms with Crippen molar-refractivity contribution >= 4 is 11.6 Å². The van der Waals surface area contributed by atoms with E-state index in [1.165, 1.54) is 38.5 Å². The van der Waals surface area contributed by atoms with E-state index in [1.807, 2.05) is 6.07 Å². The van der Waals surface area contributed by atoms with Crippen LogP contribution >= 0.6 is 0 Å². The Bertz CT molecular complexity index is 542. The number of amides is 1. The molecule has 2 rings (SSSR count). The van der Waals surface area contributed by atoms with E-state index in [2.05, 4.69) is 17.6 Å². The van der Waals surface area contributed by atoms with E-state index in [9.17, 15) is 4.79 Å². The standard InChI is InChI=1S/C20H32N2O3/c1-15(21-12-6-9-16-7-4-5-8-16)13-20(23)22-18-11-10-17(24-2)14-19(18)25-3/h10-11,14-16,21H,4-9,12-13H2,1-3H3,(H,22,23). The third-order valence-corrected chi connectivity index (χ3v) is 4.93. The minimum absolute atomic E-state index is 0.0146. The lowest BCUT2D eigenvalue weighted by atomic mass is 10.0. The molecule has 0 radical (unpaired) electrons. The highest BCUT2D eigenvalue weighted by Gasteiger charge is 2.15. The van der Waals surface area contributed by atoms with Crippen molar-refractivity contribution in [1.82, 2.24) is 5.32 Å². The van der Waals surface area contributed by atoms with E-state index in [4.69, 9.17) is 9.47 Å². The van der Waals surface area contributed by atoms with Gasteiger partial charge in [-0.1, -0.05) is 25.7 Å². The normalized spacial score (nSPS) is 15.8. The van der Waals surface area contributed by atoms with Crippen molar-refractivity contribution in [2.75, 3.05) is 26.1 Å². The molecule has 0 aliphatic heterocycles. The van der Waals surface area contributed by atoms with Crippen LogP contribution in [0.1, 0.15) is 51.9 Å². The van der Waals surface area contributed by atoms with Crippen LogP contribution in [0.5, 0.6) is 11.5 Å². The maximum atomic E-state index is 12.2. The van der Waals surface area contributed by atoms with Gasteiger partial charge in [-0.25, -0.2) is 0 Å². The quantitative estimate of drug-likeness (QED) is 0.628. The van der Waals surface area contributed by atoms with Gasteiger partial charge in [-0.3, -0.25) is 4.79 Å². The van der Waals surface area contributed by atoms with Crippen LogP contribution < -0.4 is 20.1 Å². The number of benzene rings is 1. The van der Waals surface area contributed by atoms with Crippen molar-refractivity contribution in [3.63, 3.8) is 0 Å². The summed E-state index contributed by atoms with van der Waals surface area (Å²) in [4.78, 5) is 12.2. The number of rotatable bonds is 10. The van der Waals surface area contributed by atoms with Crippen molar-refractivity contribution in [3.05, 3.63) is 18.2 Å². The van der Waals surface area contributed by atoms with Crippen LogP contribution in [0.25, 0.3) is 0 Å². The summed E-state index contributed by atoms with van der Waals surface area (Å²) in [6.45, 7) is 3.04. The van der Waals surface area contributed by atoms with Gasteiger partial charge in [-0.2, -0.15) is 0 Å². The average Bonchev–Trinajstić information content (AvgIpc) is 3.12. The van der Waals surface area contributed by atoms with Crippen molar-refractivity contribution < 1.29 is 14.3 Å². The first kappa shape index (κ1) is 19.6. The summed E-state index contributed by atoms with van der Waals surface area (Å²) in [5.74, 6) is 2.22. The van der Waals surface area contributed by atoms with Crippen LogP contribution in [0.2, 0.25) is 0 Å². The van der Waals surface area contributed by atoms with Crippen molar-refractivity contribution in [3.8, 4) is 11.5 Å². The minimum atomic E-state index is -0.0146. The molecule has 1 aromatic rings. The number of carbonyl (C=O) groups is 1. The molecule has 1 atom stereocenters. The van der Waals surface area contributed by atoms with Gasteiger partial charge in [0.15, 0.2) is 0 Å². The molecule has 2 N–H and O–H groups in total. The van der Waals surface area contributed by atoms with Gasteiger partial charge < -0.3 is 20.1 Å². The Balaban J connectivity index is 1.70. The molecule has 0 heterocycles.